The standard InChI is InChI=1S/C50H58N4O8/c1-7-51-45(55)33-61-39-27-25-38(26-28-39)46(41-30-29-40(59-5)32-44(41)60-6)54-47(56)42(20-14-17-34-15-10-8-11-16-34)52-48(57)43(53-49(58)62-50(2,3)4)31-35-21-23-37(24-22-35)36-18-12-9-13-19-36/h8-13,15-16,18-19,21-30,32,42-43,46H,7,14,17,20,31,33H2,1-6H3,(H,51,55)(H,52,57)(H,53,58)(H,54,56)/t42-,43?,46?/m0/s1. The van der Waals surface area contributed by atoms with Crippen molar-refractivity contribution in [2.75, 3.05) is 27.4 Å². The predicted molar refractivity (Wildman–Crippen MR) is 240 cm³/mol. The van der Waals surface area contributed by atoms with E-state index in [1.165, 1.54) is 7.11 Å². The van der Waals surface area contributed by atoms with Gasteiger partial charge in [0.05, 0.1) is 20.3 Å². The molecule has 5 aromatic rings. The van der Waals surface area contributed by atoms with Crippen molar-refractivity contribution in [1.82, 2.24) is 21.3 Å². The maximum absolute atomic E-state index is 14.7. The molecule has 0 radical (unpaired) electrons. The molecule has 12 heteroatoms. The first-order valence-corrected chi connectivity index (χ1v) is 20.9. The molecule has 0 heterocycles. The van der Waals surface area contributed by atoms with Gasteiger partial charge in [0.2, 0.25) is 11.8 Å². The number of aryl methyl sites for hydroxylation is 1. The second kappa shape index (κ2) is 22.7. The summed E-state index contributed by atoms with van der Waals surface area (Å²) in [5.41, 5.74) is 4.47. The average molecular weight is 843 g/mol. The molecular formula is C50H58N4O8. The smallest absolute Gasteiger partial charge is 0.408 e. The zero-order valence-electron chi connectivity index (χ0n) is 36.4. The second-order valence-electron chi connectivity index (χ2n) is 15.8. The van der Waals surface area contributed by atoms with Crippen molar-refractivity contribution in [2.45, 2.75) is 77.1 Å². The van der Waals surface area contributed by atoms with Crippen molar-refractivity contribution >= 4 is 23.8 Å². The SMILES string of the molecule is CCNC(=O)COc1ccc(C(NC(=O)[C@H](CCCc2ccccc2)NC(=O)C(Cc2ccc(-c3ccccc3)cc2)NC(=O)OC(C)(C)C)c2ccc(OC)cc2OC)cc1. The molecule has 62 heavy (non-hydrogen) atoms. The van der Waals surface area contributed by atoms with Crippen LogP contribution in [0.4, 0.5) is 4.79 Å². The Bertz CT molecular complexity index is 2210. The molecule has 0 fully saturated rings. The number of hydrogen-bond donors (Lipinski definition) is 4. The summed E-state index contributed by atoms with van der Waals surface area (Å²) < 4.78 is 22.5. The number of hydrogen-bond acceptors (Lipinski definition) is 8. The van der Waals surface area contributed by atoms with E-state index in [1.807, 2.05) is 97.9 Å². The lowest BCUT2D eigenvalue weighted by Crippen LogP contribution is -2.55. The monoisotopic (exact) mass is 842 g/mol. The minimum Gasteiger partial charge on any atom is -0.497 e. The van der Waals surface area contributed by atoms with E-state index in [1.54, 1.807) is 64.3 Å². The lowest BCUT2D eigenvalue weighted by atomic mass is 9.96. The largest absolute Gasteiger partial charge is 0.497 e. The van der Waals surface area contributed by atoms with Gasteiger partial charge in [0, 0.05) is 24.6 Å². The lowest BCUT2D eigenvalue weighted by Gasteiger charge is -2.28. The summed E-state index contributed by atoms with van der Waals surface area (Å²) in [4.78, 5) is 54.4. The quantitative estimate of drug-likeness (QED) is 0.0621. The third-order valence-electron chi connectivity index (χ3n) is 9.94. The first kappa shape index (κ1) is 46.2. The molecule has 4 N–H and O–H groups in total. The first-order chi connectivity index (χ1) is 29.8. The molecule has 326 valence electrons. The number of ether oxygens (including phenoxy) is 4. The Hall–Kier alpha value is -6.82. The number of carbonyl (C=O) groups excluding carboxylic acids is 4. The fraction of sp³-hybridized carbons (Fsp3) is 0.320. The number of nitrogens with one attached hydrogen (secondary N) is 4. The van der Waals surface area contributed by atoms with Crippen LogP contribution in [0, 0.1) is 0 Å². The summed E-state index contributed by atoms with van der Waals surface area (Å²) in [6.45, 7) is 7.42. The van der Waals surface area contributed by atoms with Gasteiger partial charge in [0.1, 0.15) is 34.9 Å². The van der Waals surface area contributed by atoms with Gasteiger partial charge >= 0.3 is 6.09 Å². The van der Waals surface area contributed by atoms with Gasteiger partial charge in [0.25, 0.3) is 5.91 Å². The Balaban J connectivity index is 1.45. The van der Waals surface area contributed by atoms with Gasteiger partial charge in [0.15, 0.2) is 6.61 Å². The highest BCUT2D eigenvalue weighted by Crippen LogP contribution is 2.34. The Morgan fingerprint density at radius 1 is 0.645 bits per heavy atom. The van der Waals surface area contributed by atoms with Crippen LogP contribution in [0.1, 0.15) is 68.8 Å². The Morgan fingerprint density at radius 3 is 1.90 bits per heavy atom. The van der Waals surface area contributed by atoms with Gasteiger partial charge < -0.3 is 40.2 Å². The highest BCUT2D eigenvalue weighted by molar-refractivity contribution is 5.92. The van der Waals surface area contributed by atoms with Crippen molar-refractivity contribution < 1.29 is 38.1 Å². The Kier molecular flexibility index (Phi) is 16.9. The molecule has 5 rings (SSSR count). The number of methoxy groups -OCH3 is 2. The normalized spacial score (nSPS) is 12.5. The maximum Gasteiger partial charge on any atom is 0.408 e. The fourth-order valence-electron chi connectivity index (χ4n) is 6.85. The number of alkyl carbamates (subject to hydrolysis) is 1. The average Bonchev–Trinajstić information content (AvgIpc) is 3.27. The summed E-state index contributed by atoms with van der Waals surface area (Å²) >= 11 is 0. The molecule has 0 aromatic heterocycles. The number of carbonyl (C=O) groups is 4. The van der Waals surface area contributed by atoms with Gasteiger partial charge in [-0.05, 0) is 99.0 Å². The zero-order chi connectivity index (χ0) is 44.5. The molecular weight excluding hydrogens is 785 g/mol. The second-order valence-corrected chi connectivity index (χ2v) is 15.8. The van der Waals surface area contributed by atoms with E-state index >= 15 is 0 Å². The molecule has 3 atom stereocenters. The number of amides is 4. The maximum atomic E-state index is 14.7. The van der Waals surface area contributed by atoms with Crippen LogP contribution < -0.4 is 35.5 Å². The first-order valence-electron chi connectivity index (χ1n) is 20.9. The van der Waals surface area contributed by atoms with Crippen molar-refractivity contribution in [3.63, 3.8) is 0 Å². The molecule has 0 bridgehead atoms. The zero-order valence-corrected chi connectivity index (χ0v) is 36.4. The van der Waals surface area contributed by atoms with Gasteiger partial charge in [-0.25, -0.2) is 4.79 Å². The number of likely N-dealkylation sites (N-methyl/N-ethyl adjacent to an activating group) is 1. The summed E-state index contributed by atoms with van der Waals surface area (Å²) in [7, 11) is 3.09. The van der Waals surface area contributed by atoms with Crippen LogP contribution in [0.3, 0.4) is 0 Å². The third-order valence-corrected chi connectivity index (χ3v) is 9.94. The molecule has 0 spiro atoms. The molecule has 12 nitrogen and oxygen atoms in total. The van der Waals surface area contributed by atoms with Gasteiger partial charge in [-0.2, -0.15) is 0 Å². The lowest BCUT2D eigenvalue weighted by molar-refractivity contribution is -0.130. The minimum absolute atomic E-state index is 0.138. The minimum atomic E-state index is -1.08. The topological polar surface area (TPSA) is 153 Å². The van der Waals surface area contributed by atoms with Crippen molar-refractivity contribution in [3.8, 4) is 28.4 Å². The van der Waals surface area contributed by atoms with Crippen LogP contribution >= 0.6 is 0 Å². The summed E-state index contributed by atoms with van der Waals surface area (Å²) in [6.07, 6.45) is 0.909. The van der Waals surface area contributed by atoms with Crippen molar-refractivity contribution in [2.24, 2.45) is 0 Å². The van der Waals surface area contributed by atoms with Crippen LogP contribution in [0.5, 0.6) is 17.2 Å². The summed E-state index contributed by atoms with van der Waals surface area (Å²) in [6, 6.07) is 37.2. The molecule has 0 saturated carbocycles. The van der Waals surface area contributed by atoms with Crippen LogP contribution in [0.15, 0.2) is 127 Å². The van der Waals surface area contributed by atoms with Gasteiger partial charge in [-0.15, -0.1) is 0 Å². The molecule has 0 aliphatic heterocycles. The van der Waals surface area contributed by atoms with E-state index in [9.17, 15) is 19.2 Å². The van der Waals surface area contributed by atoms with Crippen molar-refractivity contribution in [3.05, 3.63) is 150 Å². The highest BCUT2D eigenvalue weighted by atomic mass is 16.6. The molecule has 5 aromatic carbocycles. The van der Waals surface area contributed by atoms with Crippen LogP contribution in [0.25, 0.3) is 11.1 Å². The molecule has 2 unspecified atom stereocenters. The predicted octanol–water partition coefficient (Wildman–Crippen LogP) is 7.74. The van der Waals surface area contributed by atoms with Crippen molar-refractivity contribution in [1.29, 1.82) is 0 Å². The molecule has 0 saturated heterocycles. The number of rotatable bonds is 20. The highest BCUT2D eigenvalue weighted by Gasteiger charge is 2.31. The Morgan fingerprint density at radius 2 is 1.27 bits per heavy atom. The third kappa shape index (κ3) is 14.1. The van der Waals surface area contributed by atoms with E-state index in [2.05, 4.69) is 21.3 Å². The fourth-order valence-corrected chi connectivity index (χ4v) is 6.85. The molecule has 0 aliphatic rings. The molecule has 0 aliphatic carbocycles. The Labute approximate surface area is 364 Å². The summed E-state index contributed by atoms with van der Waals surface area (Å²) in [5.74, 6) is 0.263. The van der Waals surface area contributed by atoms with Gasteiger partial charge in [-0.3, -0.25) is 14.4 Å². The van der Waals surface area contributed by atoms with Crippen LogP contribution in [0.2, 0.25) is 0 Å². The molecule has 4 amide bonds. The van der Waals surface area contributed by atoms with E-state index in [4.69, 9.17) is 18.9 Å². The van der Waals surface area contributed by atoms with E-state index < -0.39 is 41.6 Å². The van der Waals surface area contributed by atoms with Crippen LogP contribution in [-0.2, 0) is 32.0 Å². The van der Waals surface area contributed by atoms with E-state index in [-0.39, 0.29) is 25.4 Å². The summed E-state index contributed by atoms with van der Waals surface area (Å²) in [5, 5.41) is 11.7. The number of benzene rings is 5. The van der Waals surface area contributed by atoms with Gasteiger partial charge in [-0.1, -0.05) is 97.1 Å². The van der Waals surface area contributed by atoms with E-state index in [0.29, 0.717) is 47.8 Å². The van der Waals surface area contributed by atoms with Crippen LogP contribution in [-0.4, -0.2) is 68.9 Å². The van der Waals surface area contributed by atoms with E-state index in [0.717, 1.165) is 22.3 Å².